The zero-order chi connectivity index (χ0) is 13.0. The zero-order valence-corrected chi connectivity index (χ0v) is 10.8. The van der Waals surface area contributed by atoms with E-state index in [1.807, 2.05) is 34.6 Å². The third-order valence-electron chi connectivity index (χ3n) is 2.45. The molecule has 0 aliphatic heterocycles. The van der Waals surface area contributed by atoms with Gasteiger partial charge in [0, 0.05) is 10.8 Å². The van der Waals surface area contributed by atoms with Gasteiger partial charge in [-0.1, -0.05) is 34.6 Å². The number of rotatable bonds is 6. The average Bonchev–Trinajstić information content (AvgIpc) is 2.09. The van der Waals surface area contributed by atoms with E-state index >= 15 is 0 Å². The second kappa shape index (κ2) is 5.72. The van der Waals surface area contributed by atoms with Crippen LogP contribution in [0.4, 0.5) is 0 Å². The van der Waals surface area contributed by atoms with Gasteiger partial charge in [-0.05, 0) is 12.8 Å². The van der Waals surface area contributed by atoms with Crippen LogP contribution in [0.5, 0.6) is 0 Å². The lowest BCUT2D eigenvalue weighted by molar-refractivity contribution is -0.492. The SMILES string of the molecule is CC(C)(C)C(=O)C(C)(C)CCCON(O)O. The first-order valence-corrected chi connectivity index (χ1v) is 5.43. The summed E-state index contributed by atoms with van der Waals surface area (Å²) in [5, 5.41) is 16.3. The number of carbonyl (C=O) groups is 1. The first-order valence-electron chi connectivity index (χ1n) is 5.43. The predicted octanol–water partition coefficient (Wildman–Crippen LogP) is 2.42. The lowest BCUT2D eigenvalue weighted by Crippen LogP contribution is -2.35. The molecule has 0 fully saturated rings. The molecule has 0 spiro atoms. The largest absolute Gasteiger partial charge is 0.299 e. The van der Waals surface area contributed by atoms with Gasteiger partial charge in [-0.3, -0.25) is 20.0 Å². The van der Waals surface area contributed by atoms with Crippen molar-refractivity contribution in [3.8, 4) is 0 Å². The van der Waals surface area contributed by atoms with Crippen molar-refractivity contribution in [2.45, 2.75) is 47.5 Å². The molecule has 0 aromatic rings. The molecule has 0 aromatic heterocycles. The van der Waals surface area contributed by atoms with Gasteiger partial charge < -0.3 is 0 Å². The molecule has 0 unspecified atom stereocenters. The van der Waals surface area contributed by atoms with Gasteiger partial charge in [-0.25, -0.2) is 0 Å². The Morgan fingerprint density at radius 1 is 1.19 bits per heavy atom. The smallest absolute Gasteiger partial charge is 0.143 e. The van der Waals surface area contributed by atoms with E-state index < -0.39 is 5.41 Å². The number of hydrogen-bond donors (Lipinski definition) is 2. The molecular formula is C11H23NO4. The minimum Gasteiger partial charge on any atom is -0.299 e. The van der Waals surface area contributed by atoms with Crippen molar-refractivity contribution in [1.29, 1.82) is 0 Å². The molecule has 0 saturated carbocycles. The molecule has 0 aliphatic rings. The summed E-state index contributed by atoms with van der Waals surface area (Å²) in [6, 6.07) is 0. The second-order valence-corrected chi connectivity index (χ2v) is 5.65. The number of ketones is 1. The van der Waals surface area contributed by atoms with E-state index in [0.717, 1.165) is 0 Å². The predicted molar refractivity (Wildman–Crippen MR) is 58.8 cm³/mol. The van der Waals surface area contributed by atoms with Crippen LogP contribution in [0.1, 0.15) is 47.5 Å². The molecule has 5 heteroatoms. The van der Waals surface area contributed by atoms with Gasteiger partial charge in [0.05, 0.1) is 12.0 Å². The number of Topliss-reactive ketones (excluding diaryl/α,β-unsaturated/α-hetero) is 1. The quantitative estimate of drug-likeness (QED) is 0.544. The summed E-state index contributed by atoms with van der Waals surface area (Å²) < 4.78 is 0. The van der Waals surface area contributed by atoms with Crippen LogP contribution in [0.25, 0.3) is 0 Å². The molecule has 0 radical (unpaired) electrons. The van der Waals surface area contributed by atoms with E-state index in [2.05, 4.69) is 4.84 Å². The molecule has 0 aromatic carbocycles. The first-order chi connectivity index (χ1) is 7.07. The topological polar surface area (TPSA) is 70.0 Å². The maximum absolute atomic E-state index is 12.1. The van der Waals surface area contributed by atoms with E-state index in [-0.39, 0.29) is 23.2 Å². The summed E-state index contributed by atoms with van der Waals surface area (Å²) in [4.78, 5) is 16.5. The molecule has 0 amide bonds. The molecular weight excluding hydrogens is 210 g/mol. The lowest BCUT2D eigenvalue weighted by Gasteiger charge is -2.30. The van der Waals surface area contributed by atoms with Crippen molar-refractivity contribution in [1.82, 2.24) is 5.39 Å². The summed E-state index contributed by atoms with van der Waals surface area (Å²) in [5.74, 6) is 0.199. The van der Waals surface area contributed by atoms with Crippen molar-refractivity contribution < 1.29 is 20.0 Å². The van der Waals surface area contributed by atoms with Crippen molar-refractivity contribution in [3.05, 3.63) is 0 Å². The Morgan fingerprint density at radius 3 is 2.06 bits per heavy atom. The number of carbonyl (C=O) groups excluding carboxylic acids is 1. The van der Waals surface area contributed by atoms with Gasteiger partial charge in [0.1, 0.15) is 5.78 Å². The Morgan fingerprint density at radius 2 is 1.69 bits per heavy atom. The fourth-order valence-corrected chi connectivity index (χ4v) is 1.79. The maximum atomic E-state index is 12.1. The summed E-state index contributed by atoms with van der Waals surface area (Å²) in [7, 11) is 0. The summed E-state index contributed by atoms with van der Waals surface area (Å²) in [6.45, 7) is 9.67. The normalized spacial score (nSPS) is 13.2. The Balaban J connectivity index is 4.10. The maximum Gasteiger partial charge on any atom is 0.143 e. The minimum atomic E-state index is -0.419. The highest BCUT2D eigenvalue weighted by Gasteiger charge is 2.35. The number of hydrogen-bond acceptors (Lipinski definition) is 5. The first kappa shape index (κ1) is 15.5. The Kier molecular flexibility index (Phi) is 5.55. The highest BCUT2D eigenvalue weighted by molar-refractivity contribution is 5.88. The van der Waals surface area contributed by atoms with Gasteiger partial charge in [0.15, 0.2) is 0 Å². The molecule has 0 bridgehead atoms. The monoisotopic (exact) mass is 233 g/mol. The fourth-order valence-electron chi connectivity index (χ4n) is 1.79. The van der Waals surface area contributed by atoms with Crippen molar-refractivity contribution in [2.75, 3.05) is 6.61 Å². The van der Waals surface area contributed by atoms with Crippen molar-refractivity contribution in [2.24, 2.45) is 10.8 Å². The molecule has 0 saturated heterocycles. The van der Waals surface area contributed by atoms with E-state index in [9.17, 15) is 4.79 Å². The third-order valence-corrected chi connectivity index (χ3v) is 2.45. The Labute approximate surface area is 96.9 Å². The zero-order valence-electron chi connectivity index (χ0n) is 10.8. The van der Waals surface area contributed by atoms with Crippen molar-refractivity contribution in [3.63, 3.8) is 0 Å². The van der Waals surface area contributed by atoms with Crippen LogP contribution in [0.2, 0.25) is 0 Å². The Bertz CT molecular complexity index is 231. The van der Waals surface area contributed by atoms with Crippen LogP contribution in [0, 0.1) is 10.8 Å². The molecule has 0 heterocycles. The van der Waals surface area contributed by atoms with Gasteiger partial charge in [-0.15, -0.1) is 0 Å². The van der Waals surface area contributed by atoms with E-state index in [1.165, 1.54) is 0 Å². The second-order valence-electron chi connectivity index (χ2n) is 5.65. The number of nitrogens with zero attached hydrogens (tertiary/aromatic N) is 1. The van der Waals surface area contributed by atoms with E-state index in [1.54, 1.807) is 0 Å². The molecule has 96 valence electrons. The van der Waals surface area contributed by atoms with Crippen LogP contribution >= 0.6 is 0 Å². The van der Waals surface area contributed by atoms with Crippen LogP contribution < -0.4 is 0 Å². The molecule has 5 nitrogen and oxygen atoms in total. The molecule has 0 rings (SSSR count). The standard InChI is InChI=1S/C11H23NO4/c1-10(2,3)9(13)11(4,5)7-6-8-16-12(14)15/h14-15H,6-8H2,1-5H3. The minimum absolute atomic E-state index is 0.174. The van der Waals surface area contributed by atoms with Crippen LogP contribution in [0.3, 0.4) is 0 Å². The van der Waals surface area contributed by atoms with Gasteiger partial charge in [0.2, 0.25) is 0 Å². The van der Waals surface area contributed by atoms with Gasteiger partial charge >= 0.3 is 0 Å². The summed E-state index contributed by atoms with van der Waals surface area (Å²) in [5.41, 5.74) is -0.776. The highest BCUT2D eigenvalue weighted by atomic mass is 17.1. The molecule has 0 atom stereocenters. The van der Waals surface area contributed by atoms with Gasteiger partial charge in [0.25, 0.3) is 0 Å². The average molecular weight is 233 g/mol. The summed E-state index contributed by atoms with van der Waals surface area (Å²) in [6.07, 6.45) is 1.24. The van der Waals surface area contributed by atoms with Crippen LogP contribution in [-0.2, 0) is 9.63 Å². The summed E-state index contributed by atoms with van der Waals surface area (Å²) >= 11 is 0. The van der Waals surface area contributed by atoms with Crippen LogP contribution in [0.15, 0.2) is 0 Å². The highest BCUT2D eigenvalue weighted by Crippen LogP contribution is 2.32. The van der Waals surface area contributed by atoms with E-state index in [0.29, 0.717) is 12.8 Å². The van der Waals surface area contributed by atoms with Crippen LogP contribution in [-0.4, -0.2) is 28.2 Å². The molecule has 0 aliphatic carbocycles. The van der Waals surface area contributed by atoms with Gasteiger partial charge in [-0.2, -0.15) is 0 Å². The van der Waals surface area contributed by atoms with Crippen molar-refractivity contribution >= 4 is 5.78 Å². The third kappa shape index (κ3) is 5.55. The molecule has 2 N–H and O–H groups in total. The fraction of sp³-hybridized carbons (Fsp3) is 0.909. The van der Waals surface area contributed by atoms with E-state index in [4.69, 9.17) is 10.4 Å². The Hall–Kier alpha value is -0.490. The lowest BCUT2D eigenvalue weighted by atomic mass is 9.72. The molecule has 16 heavy (non-hydrogen) atoms.